The Kier molecular flexibility index (Phi) is 5.92. The third kappa shape index (κ3) is 4.11. The number of hydrogen-bond donors (Lipinski definition) is 1. The molecule has 0 heterocycles. The van der Waals surface area contributed by atoms with E-state index in [0.29, 0.717) is 15.8 Å². The number of halogens is 2. The Labute approximate surface area is 146 Å². The molecule has 0 saturated heterocycles. The van der Waals surface area contributed by atoms with Gasteiger partial charge < -0.3 is 14.8 Å². The first-order valence-corrected chi connectivity index (χ1v) is 7.74. The molecule has 5 nitrogen and oxygen atoms in total. The lowest BCUT2D eigenvalue weighted by Crippen LogP contribution is -2.24. The summed E-state index contributed by atoms with van der Waals surface area (Å²) in [6.45, 7) is 0.127. The second-order valence-electron chi connectivity index (χ2n) is 4.83. The molecular weight excluding hydrogens is 381 g/mol. The molecule has 2 aromatic rings. The van der Waals surface area contributed by atoms with Crippen LogP contribution in [0.3, 0.4) is 0 Å². The van der Waals surface area contributed by atoms with Gasteiger partial charge in [-0.3, -0.25) is 4.79 Å². The van der Waals surface area contributed by atoms with E-state index in [0.717, 1.165) is 0 Å². The normalized spacial score (nSPS) is 10.2. The van der Waals surface area contributed by atoms with E-state index in [4.69, 9.17) is 9.47 Å². The first-order valence-electron chi connectivity index (χ1n) is 6.94. The summed E-state index contributed by atoms with van der Waals surface area (Å²) in [5.41, 5.74) is 0.851. The molecule has 1 amide bonds. The molecule has 24 heavy (non-hydrogen) atoms. The predicted molar refractivity (Wildman–Crippen MR) is 89.6 cm³/mol. The highest BCUT2D eigenvalue weighted by molar-refractivity contribution is 9.10. The van der Waals surface area contributed by atoms with Crippen LogP contribution < -0.4 is 10.1 Å². The SMILES string of the molecule is COC(=O)c1cc(CNC(=O)c2ccc(Br)cc2F)ccc1OC. The van der Waals surface area contributed by atoms with E-state index >= 15 is 0 Å². The first kappa shape index (κ1) is 17.9. The molecule has 0 saturated carbocycles. The Hall–Kier alpha value is -2.41. The Bertz CT molecular complexity index is 779. The number of amides is 1. The van der Waals surface area contributed by atoms with Crippen molar-refractivity contribution in [1.29, 1.82) is 0 Å². The number of rotatable bonds is 5. The molecule has 126 valence electrons. The van der Waals surface area contributed by atoms with Crippen molar-refractivity contribution in [2.45, 2.75) is 6.54 Å². The number of esters is 1. The Morgan fingerprint density at radius 1 is 1.12 bits per heavy atom. The zero-order valence-electron chi connectivity index (χ0n) is 13.1. The maximum atomic E-state index is 13.8. The number of nitrogens with one attached hydrogen (secondary N) is 1. The van der Waals surface area contributed by atoms with Gasteiger partial charge in [0, 0.05) is 11.0 Å². The molecule has 0 aliphatic heterocycles. The fourth-order valence-corrected chi connectivity index (χ4v) is 2.42. The molecule has 0 bridgehead atoms. The fourth-order valence-electron chi connectivity index (χ4n) is 2.09. The first-order chi connectivity index (χ1) is 11.5. The Morgan fingerprint density at radius 3 is 2.50 bits per heavy atom. The van der Waals surface area contributed by atoms with Gasteiger partial charge in [-0.1, -0.05) is 22.0 Å². The summed E-state index contributed by atoms with van der Waals surface area (Å²) in [5, 5.41) is 2.61. The summed E-state index contributed by atoms with van der Waals surface area (Å²) in [7, 11) is 2.71. The van der Waals surface area contributed by atoms with E-state index < -0.39 is 17.7 Å². The Morgan fingerprint density at radius 2 is 1.88 bits per heavy atom. The van der Waals surface area contributed by atoms with E-state index in [1.54, 1.807) is 24.3 Å². The lowest BCUT2D eigenvalue weighted by atomic mass is 10.1. The van der Waals surface area contributed by atoms with Crippen LogP contribution in [0.25, 0.3) is 0 Å². The predicted octanol–water partition coefficient (Wildman–Crippen LogP) is 3.31. The van der Waals surface area contributed by atoms with Gasteiger partial charge in [-0.05, 0) is 35.9 Å². The van der Waals surface area contributed by atoms with Crippen LogP contribution >= 0.6 is 15.9 Å². The molecule has 0 aliphatic carbocycles. The van der Waals surface area contributed by atoms with Crippen LogP contribution in [0.2, 0.25) is 0 Å². The highest BCUT2D eigenvalue weighted by Crippen LogP contribution is 2.21. The quantitative estimate of drug-likeness (QED) is 0.788. The third-order valence-electron chi connectivity index (χ3n) is 3.30. The standard InChI is InChI=1S/C17H15BrFNO4/c1-23-15-6-3-10(7-13(15)17(22)24-2)9-20-16(21)12-5-4-11(18)8-14(12)19/h3-8H,9H2,1-2H3,(H,20,21). The fraction of sp³-hybridized carbons (Fsp3) is 0.176. The van der Waals surface area contributed by atoms with Crippen molar-refractivity contribution in [3.63, 3.8) is 0 Å². The van der Waals surface area contributed by atoms with E-state index in [9.17, 15) is 14.0 Å². The van der Waals surface area contributed by atoms with Crippen LogP contribution in [0, 0.1) is 5.82 Å². The van der Waals surface area contributed by atoms with Gasteiger partial charge in [-0.15, -0.1) is 0 Å². The molecule has 0 aromatic heterocycles. The van der Waals surface area contributed by atoms with Crippen molar-refractivity contribution in [2.24, 2.45) is 0 Å². The van der Waals surface area contributed by atoms with Crippen LogP contribution in [-0.4, -0.2) is 26.1 Å². The molecule has 0 unspecified atom stereocenters. The van der Waals surface area contributed by atoms with Crippen molar-refractivity contribution < 1.29 is 23.5 Å². The lowest BCUT2D eigenvalue weighted by Gasteiger charge is -2.10. The number of hydrogen-bond acceptors (Lipinski definition) is 4. The maximum Gasteiger partial charge on any atom is 0.341 e. The van der Waals surface area contributed by atoms with E-state index in [-0.39, 0.29) is 17.7 Å². The summed E-state index contributed by atoms with van der Waals surface area (Å²) in [6.07, 6.45) is 0. The molecule has 0 radical (unpaired) electrons. The third-order valence-corrected chi connectivity index (χ3v) is 3.79. The summed E-state index contributed by atoms with van der Waals surface area (Å²) in [5.74, 6) is -1.34. The van der Waals surface area contributed by atoms with Crippen LogP contribution in [0.1, 0.15) is 26.3 Å². The van der Waals surface area contributed by atoms with E-state index in [2.05, 4.69) is 21.2 Å². The minimum Gasteiger partial charge on any atom is -0.496 e. The summed E-state index contributed by atoms with van der Waals surface area (Å²) in [4.78, 5) is 23.8. The average molecular weight is 396 g/mol. The molecular formula is C17H15BrFNO4. The van der Waals surface area contributed by atoms with Gasteiger partial charge in [-0.2, -0.15) is 0 Å². The molecule has 0 spiro atoms. The van der Waals surface area contributed by atoms with E-state index in [1.807, 2.05) is 0 Å². The zero-order chi connectivity index (χ0) is 17.7. The average Bonchev–Trinajstić information content (AvgIpc) is 2.58. The molecule has 7 heteroatoms. The monoisotopic (exact) mass is 395 g/mol. The van der Waals surface area contributed by atoms with Gasteiger partial charge in [0.1, 0.15) is 17.1 Å². The number of methoxy groups -OCH3 is 2. The maximum absolute atomic E-state index is 13.8. The molecule has 2 rings (SSSR count). The molecule has 1 N–H and O–H groups in total. The number of carbonyl (C=O) groups is 2. The van der Waals surface area contributed by atoms with Crippen molar-refractivity contribution in [3.8, 4) is 5.75 Å². The summed E-state index contributed by atoms with van der Waals surface area (Å²) >= 11 is 3.14. The highest BCUT2D eigenvalue weighted by atomic mass is 79.9. The van der Waals surface area contributed by atoms with Gasteiger partial charge in [0.05, 0.1) is 19.8 Å². The van der Waals surface area contributed by atoms with Gasteiger partial charge in [-0.25, -0.2) is 9.18 Å². The lowest BCUT2D eigenvalue weighted by molar-refractivity contribution is 0.0597. The smallest absolute Gasteiger partial charge is 0.341 e. The van der Waals surface area contributed by atoms with Crippen LogP contribution in [0.4, 0.5) is 4.39 Å². The minimum absolute atomic E-state index is 0.0556. The van der Waals surface area contributed by atoms with Crippen molar-refractivity contribution >= 4 is 27.8 Å². The van der Waals surface area contributed by atoms with Gasteiger partial charge in [0.2, 0.25) is 0 Å². The number of benzene rings is 2. The molecule has 2 aromatic carbocycles. The zero-order valence-corrected chi connectivity index (χ0v) is 14.6. The van der Waals surface area contributed by atoms with Gasteiger partial charge >= 0.3 is 5.97 Å². The second kappa shape index (κ2) is 7.92. The molecule has 0 fully saturated rings. The van der Waals surface area contributed by atoms with Crippen LogP contribution in [0.5, 0.6) is 5.75 Å². The van der Waals surface area contributed by atoms with Crippen LogP contribution in [0.15, 0.2) is 40.9 Å². The summed E-state index contributed by atoms with van der Waals surface area (Å²) in [6, 6.07) is 9.06. The van der Waals surface area contributed by atoms with Crippen molar-refractivity contribution in [3.05, 3.63) is 63.4 Å². The Balaban J connectivity index is 2.14. The topological polar surface area (TPSA) is 64.6 Å². The van der Waals surface area contributed by atoms with Crippen molar-refractivity contribution in [1.82, 2.24) is 5.32 Å². The van der Waals surface area contributed by atoms with Crippen molar-refractivity contribution in [2.75, 3.05) is 14.2 Å². The van der Waals surface area contributed by atoms with E-state index in [1.165, 1.54) is 26.4 Å². The van der Waals surface area contributed by atoms with Gasteiger partial charge in [0.15, 0.2) is 0 Å². The number of carbonyl (C=O) groups excluding carboxylic acids is 2. The highest BCUT2D eigenvalue weighted by Gasteiger charge is 2.15. The van der Waals surface area contributed by atoms with Gasteiger partial charge in [0.25, 0.3) is 5.91 Å². The van der Waals surface area contributed by atoms with Crippen LogP contribution in [-0.2, 0) is 11.3 Å². The summed E-state index contributed by atoms with van der Waals surface area (Å²) < 4.78 is 24.1. The largest absolute Gasteiger partial charge is 0.496 e. The molecule has 0 aliphatic rings. The second-order valence-corrected chi connectivity index (χ2v) is 5.75. The number of ether oxygens (including phenoxy) is 2. The minimum atomic E-state index is -0.619. The molecule has 0 atom stereocenters.